The van der Waals surface area contributed by atoms with Gasteiger partial charge in [-0.25, -0.2) is 0 Å². The highest BCUT2D eigenvalue weighted by molar-refractivity contribution is 5.94. The second kappa shape index (κ2) is 7.65. The van der Waals surface area contributed by atoms with Crippen LogP contribution in [-0.2, 0) is 9.59 Å². The molecule has 0 fully saturated rings. The minimum Gasteiger partial charge on any atom is -0.358 e. The van der Waals surface area contributed by atoms with Gasteiger partial charge in [0.05, 0.1) is 12.6 Å². The first-order valence-corrected chi connectivity index (χ1v) is 6.78. The van der Waals surface area contributed by atoms with Crippen molar-refractivity contribution in [1.82, 2.24) is 10.6 Å². The SMILES string of the molecule is CNC(=O)CN[C@@H](C)C(=O)Nc1ccc(C(C)C)cc1. The summed E-state index contributed by atoms with van der Waals surface area (Å²) in [5, 5.41) is 8.17. The van der Waals surface area contributed by atoms with Gasteiger partial charge < -0.3 is 10.6 Å². The number of carbonyl (C=O) groups excluding carboxylic acids is 2. The average molecular weight is 277 g/mol. The minimum atomic E-state index is -0.433. The highest BCUT2D eigenvalue weighted by Gasteiger charge is 2.13. The Morgan fingerprint density at radius 1 is 1.10 bits per heavy atom. The summed E-state index contributed by atoms with van der Waals surface area (Å²) in [7, 11) is 1.56. The van der Waals surface area contributed by atoms with Crippen LogP contribution in [0.1, 0.15) is 32.3 Å². The lowest BCUT2D eigenvalue weighted by atomic mass is 10.0. The minimum absolute atomic E-state index is 0.122. The van der Waals surface area contributed by atoms with Crippen molar-refractivity contribution in [2.45, 2.75) is 32.7 Å². The molecule has 0 saturated heterocycles. The van der Waals surface area contributed by atoms with Crippen LogP contribution in [0, 0.1) is 0 Å². The van der Waals surface area contributed by atoms with Crippen LogP contribution in [0.15, 0.2) is 24.3 Å². The van der Waals surface area contributed by atoms with E-state index in [1.54, 1.807) is 14.0 Å². The fourth-order valence-electron chi connectivity index (χ4n) is 1.63. The van der Waals surface area contributed by atoms with Crippen molar-refractivity contribution in [3.8, 4) is 0 Å². The Morgan fingerprint density at radius 2 is 1.70 bits per heavy atom. The van der Waals surface area contributed by atoms with Crippen molar-refractivity contribution < 1.29 is 9.59 Å². The Bertz CT molecular complexity index is 455. The predicted molar refractivity (Wildman–Crippen MR) is 80.7 cm³/mol. The number of rotatable bonds is 6. The molecule has 1 aromatic rings. The van der Waals surface area contributed by atoms with Crippen LogP contribution in [-0.4, -0.2) is 31.4 Å². The van der Waals surface area contributed by atoms with E-state index in [0.717, 1.165) is 5.69 Å². The smallest absolute Gasteiger partial charge is 0.241 e. The van der Waals surface area contributed by atoms with Crippen molar-refractivity contribution in [2.24, 2.45) is 0 Å². The maximum atomic E-state index is 11.9. The Kier molecular flexibility index (Phi) is 6.18. The first-order valence-electron chi connectivity index (χ1n) is 6.78. The molecule has 110 valence electrons. The standard InChI is InChI=1S/C15H23N3O2/c1-10(2)12-5-7-13(8-6-12)18-15(20)11(3)17-9-14(19)16-4/h5-8,10-11,17H,9H2,1-4H3,(H,16,19)(H,18,20)/t11-/m0/s1. The van der Waals surface area contributed by atoms with Gasteiger partial charge in [-0.3, -0.25) is 14.9 Å². The molecule has 1 rings (SSSR count). The zero-order chi connectivity index (χ0) is 15.1. The Balaban J connectivity index is 2.50. The van der Waals surface area contributed by atoms with Crippen LogP contribution in [0.3, 0.4) is 0 Å². The lowest BCUT2D eigenvalue weighted by molar-refractivity contribution is -0.120. The average Bonchev–Trinajstić information content (AvgIpc) is 2.44. The summed E-state index contributed by atoms with van der Waals surface area (Å²) >= 11 is 0. The third-order valence-corrected chi connectivity index (χ3v) is 3.09. The molecule has 0 aliphatic heterocycles. The lowest BCUT2D eigenvalue weighted by Gasteiger charge is -2.14. The van der Waals surface area contributed by atoms with E-state index in [0.29, 0.717) is 5.92 Å². The van der Waals surface area contributed by atoms with E-state index in [1.807, 2.05) is 24.3 Å². The molecular formula is C15H23N3O2. The fourth-order valence-corrected chi connectivity index (χ4v) is 1.63. The third-order valence-electron chi connectivity index (χ3n) is 3.09. The molecule has 5 nitrogen and oxygen atoms in total. The number of benzene rings is 1. The van der Waals surface area contributed by atoms with Crippen LogP contribution in [0.25, 0.3) is 0 Å². The second-order valence-electron chi connectivity index (χ2n) is 5.04. The van der Waals surface area contributed by atoms with Crippen molar-refractivity contribution in [3.05, 3.63) is 29.8 Å². The maximum absolute atomic E-state index is 11.9. The highest BCUT2D eigenvalue weighted by atomic mass is 16.2. The van der Waals surface area contributed by atoms with Crippen molar-refractivity contribution in [3.63, 3.8) is 0 Å². The molecule has 0 spiro atoms. The van der Waals surface area contributed by atoms with Crippen LogP contribution in [0.4, 0.5) is 5.69 Å². The van der Waals surface area contributed by atoms with Crippen LogP contribution in [0.5, 0.6) is 0 Å². The molecule has 1 aromatic carbocycles. The van der Waals surface area contributed by atoms with Gasteiger partial charge in [-0.15, -0.1) is 0 Å². The maximum Gasteiger partial charge on any atom is 0.241 e. The van der Waals surface area contributed by atoms with E-state index >= 15 is 0 Å². The van der Waals surface area contributed by atoms with Gasteiger partial charge in [0, 0.05) is 12.7 Å². The third kappa shape index (κ3) is 5.01. The summed E-state index contributed by atoms with van der Waals surface area (Å²) in [5.74, 6) is 0.157. The van der Waals surface area contributed by atoms with E-state index in [2.05, 4.69) is 29.8 Å². The molecule has 0 radical (unpaired) electrons. The van der Waals surface area contributed by atoms with Gasteiger partial charge in [0.2, 0.25) is 11.8 Å². The second-order valence-corrected chi connectivity index (χ2v) is 5.04. The van der Waals surface area contributed by atoms with Gasteiger partial charge >= 0.3 is 0 Å². The first kappa shape index (κ1) is 16.2. The van der Waals surface area contributed by atoms with Crippen LogP contribution < -0.4 is 16.0 Å². The fraction of sp³-hybridized carbons (Fsp3) is 0.467. The monoisotopic (exact) mass is 277 g/mol. The zero-order valence-electron chi connectivity index (χ0n) is 12.5. The molecule has 20 heavy (non-hydrogen) atoms. The number of anilines is 1. The van der Waals surface area contributed by atoms with Gasteiger partial charge in [0.25, 0.3) is 0 Å². The summed E-state index contributed by atoms with van der Waals surface area (Å²) < 4.78 is 0. The molecule has 0 aliphatic rings. The summed E-state index contributed by atoms with van der Waals surface area (Å²) in [6, 6.07) is 7.35. The van der Waals surface area contributed by atoms with E-state index in [1.165, 1.54) is 5.56 Å². The molecule has 0 aliphatic carbocycles. The molecule has 0 heterocycles. The number of likely N-dealkylation sites (N-methyl/N-ethyl adjacent to an activating group) is 1. The summed E-state index contributed by atoms with van der Waals surface area (Å²) in [4.78, 5) is 23.0. The zero-order valence-corrected chi connectivity index (χ0v) is 12.5. The van der Waals surface area contributed by atoms with Gasteiger partial charge in [-0.05, 0) is 30.5 Å². The molecule has 1 atom stereocenters. The molecular weight excluding hydrogens is 254 g/mol. The Morgan fingerprint density at radius 3 is 2.20 bits per heavy atom. The number of nitrogens with one attached hydrogen (secondary N) is 3. The van der Waals surface area contributed by atoms with E-state index in [4.69, 9.17) is 0 Å². The lowest BCUT2D eigenvalue weighted by Crippen LogP contribution is -2.42. The number of hydrogen-bond acceptors (Lipinski definition) is 3. The number of amides is 2. The van der Waals surface area contributed by atoms with Crippen LogP contribution in [0.2, 0.25) is 0 Å². The van der Waals surface area contributed by atoms with Gasteiger partial charge in [-0.1, -0.05) is 26.0 Å². The normalized spacial score (nSPS) is 12.1. The van der Waals surface area contributed by atoms with Crippen molar-refractivity contribution in [1.29, 1.82) is 0 Å². The summed E-state index contributed by atoms with van der Waals surface area (Å²) in [6.45, 7) is 6.09. The molecule has 0 bridgehead atoms. The van der Waals surface area contributed by atoms with Gasteiger partial charge in [0.15, 0.2) is 0 Å². The summed E-state index contributed by atoms with van der Waals surface area (Å²) in [5.41, 5.74) is 1.99. The van der Waals surface area contributed by atoms with E-state index in [-0.39, 0.29) is 18.4 Å². The predicted octanol–water partition coefficient (Wildman–Crippen LogP) is 1.47. The highest BCUT2D eigenvalue weighted by Crippen LogP contribution is 2.17. The largest absolute Gasteiger partial charge is 0.358 e. The quantitative estimate of drug-likeness (QED) is 0.737. The van der Waals surface area contributed by atoms with Crippen molar-refractivity contribution >= 4 is 17.5 Å². The van der Waals surface area contributed by atoms with Gasteiger partial charge in [0.1, 0.15) is 0 Å². The van der Waals surface area contributed by atoms with E-state index < -0.39 is 6.04 Å². The molecule has 3 N–H and O–H groups in total. The first-order chi connectivity index (χ1) is 9.43. The molecule has 0 unspecified atom stereocenters. The Labute approximate surface area is 120 Å². The molecule has 0 aromatic heterocycles. The van der Waals surface area contributed by atoms with E-state index in [9.17, 15) is 9.59 Å². The van der Waals surface area contributed by atoms with Crippen molar-refractivity contribution in [2.75, 3.05) is 18.9 Å². The molecule has 2 amide bonds. The summed E-state index contributed by atoms with van der Waals surface area (Å²) in [6.07, 6.45) is 0. The molecule has 0 saturated carbocycles. The van der Waals surface area contributed by atoms with Gasteiger partial charge in [-0.2, -0.15) is 0 Å². The topological polar surface area (TPSA) is 70.2 Å². The molecule has 5 heteroatoms. The number of hydrogen-bond donors (Lipinski definition) is 3. The number of carbonyl (C=O) groups is 2. The Hall–Kier alpha value is -1.88. The van der Waals surface area contributed by atoms with Crippen LogP contribution >= 0.6 is 0 Å².